The Kier molecular flexibility index (Phi) is 25.1. The van der Waals surface area contributed by atoms with E-state index in [1.54, 1.807) is 20.8 Å². The van der Waals surface area contributed by atoms with Crippen LogP contribution < -0.4 is 21.7 Å². The first-order chi connectivity index (χ1) is 24.8. The monoisotopic (exact) mass is 816 g/mol. The molecule has 0 saturated carbocycles. The van der Waals surface area contributed by atoms with Gasteiger partial charge in [-0.1, -0.05) is 0 Å². The van der Waals surface area contributed by atoms with Gasteiger partial charge in [-0.05, 0) is 96.8 Å². The Morgan fingerprint density at radius 1 is 0.717 bits per heavy atom. The van der Waals surface area contributed by atoms with Gasteiger partial charge >= 0.3 is 6.09 Å². The van der Waals surface area contributed by atoms with Gasteiger partial charge in [0.25, 0.3) is 23.6 Å². The van der Waals surface area contributed by atoms with Crippen molar-refractivity contribution in [2.75, 3.05) is 26.2 Å². The zero-order valence-electron chi connectivity index (χ0n) is 30.7. The Bertz CT molecular complexity index is 1380. The Hall–Kier alpha value is -3.69. The summed E-state index contributed by atoms with van der Waals surface area (Å²) in [5, 5.41) is 7.97. The minimum absolute atomic E-state index is 0.0346. The molecule has 294 valence electrons. The smallest absolute Gasteiger partial charge is 0.408 e. The quantitative estimate of drug-likeness (QED) is 0.0786. The van der Waals surface area contributed by atoms with Crippen molar-refractivity contribution in [3.8, 4) is 0 Å². The zero-order chi connectivity index (χ0) is 40.6. The van der Waals surface area contributed by atoms with Crippen molar-refractivity contribution in [3.63, 3.8) is 0 Å². The molecule has 2 aliphatic rings. The second kappa shape index (κ2) is 27.0. The van der Waals surface area contributed by atoms with Crippen LogP contribution in [0.5, 0.6) is 0 Å². The highest BCUT2D eigenvalue weighted by Gasteiger charge is 2.25. The number of imide groups is 2. The van der Waals surface area contributed by atoms with Crippen LogP contribution in [0.1, 0.15) is 86.0 Å². The summed E-state index contributed by atoms with van der Waals surface area (Å²) in [5.41, 5.74) is 4.95. The molecule has 0 aliphatic carbocycles. The van der Waals surface area contributed by atoms with Crippen LogP contribution in [0.2, 0.25) is 0 Å². The lowest BCUT2D eigenvalue weighted by molar-refractivity contribution is -0.139. The predicted molar refractivity (Wildman–Crippen MR) is 206 cm³/mol. The normalized spacial score (nSPS) is 14.6. The summed E-state index contributed by atoms with van der Waals surface area (Å²) in [6.45, 7) is 9.11. The molecular formula is C33H50N6O10P2S2. The van der Waals surface area contributed by atoms with Gasteiger partial charge in [-0.25, -0.2) is 4.79 Å². The molecule has 0 aromatic rings. The first kappa shape index (κ1) is 49.3. The first-order valence-corrected chi connectivity index (χ1v) is 21.4. The van der Waals surface area contributed by atoms with Crippen LogP contribution in [0.15, 0.2) is 24.3 Å². The highest BCUT2D eigenvalue weighted by Crippen LogP contribution is 2.11. The number of nitrogens with zero attached hydrogens (tertiary/aromatic N) is 2. The van der Waals surface area contributed by atoms with Crippen LogP contribution in [0.25, 0.3) is 0 Å². The van der Waals surface area contributed by atoms with Gasteiger partial charge in [0.05, 0.1) is 12.1 Å². The fraction of sp³-hybridized carbons (Fsp3) is 0.606. The third kappa shape index (κ3) is 23.6. The molecule has 2 rings (SSSR count). The molecule has 2 heterocycles. The standard InChI is InChI=1S/C19H29N3O6.C14H21N3O4.P2S2/c1-13(23)14(21-18(27)28-19(2,3)4)7-5-6-11-20-15(24)10-12-22-16(25)8-9-17(22)26;1-10(18)11(15)4-2-3-8-16-12(19)7-9-17-13(20)5-6-14(17)21;3-1-2-4/h8-9,14H,5-7,10-12H2,1-4H3,(H,20,24)(H,21,27);5-6,11H,2-4,7-9,15H2,1H3,(H,16,19);/t14-;11-;/m11./s1. The molecule has 7 amide bonds. The van der Waals surface area contributed by atoms with E-state index in [2.05, 4.69) is 39.6 Å². The minimum Gasteiger partial charge on any atom is -0.444 e. The number of unbranched alkanes of at least 4 members (excludes halogenated alkanes) is 2. The Labute approximate surface area is 323 Å². The molecule has 0 aromatic carbocycles. The van der Waals surface area contributed by atoms with E-state index in [0.29, 0.717) is 38.8 Å². The Morgan fingerprint density at radius 3 is 1.45 bits per heavy atom. The summed E-state index contributed by atoms with van der Waals surface area (Å²) < 4.78 is 5.15. The van der Waals surface area contributed by atoms with Gasteiger partial charge in [-0.3, -0.25) is 48.2 Å². The number of ether oxygens (including phenoxy) is 1. The number of alkyl carbamates (subject to hydrolysis) is 1. The second-order valence-electron chi connectivity index (χ2n) is 12.7. The van der Waals surface area contributed by atoms with Crippen LogP contribution in [0, 0.1) is 0 Å². The molecule has 0 aromatic heterocycles. The second-order valence-corrected chi connectivity index (χ2v) is 17.0. The number of carbonyl (C=O) groups is 9. The molecule has 20 heteroatoms. The van der Waals surface area contributed by atoms with E-state index in [9.17, 15) is 43.2 Å². The average Bonchev–Trinajstić information content (AvgIpc) is 3.58. The maximum absolute atomic E-state index is 11.8. The maximum Gasteiger partial charge on any atom is 0.408 e. The van der Waals surface area contributed by atoms with Crippen molar-refractivity contribution in [1.29, 1.82) is 0 Å². The fourth-order valence-corrected chi connectivity index (χ4v) is 4.35. The van der Waals surface area contributed by atoms with Crippen molar-refractivity contribution in [2.45, 2.75) is 104 Å². The Morgan fingerprint density at radius 2 is 1.11 bits per heavy atom. The summed E-state index contributed by atoms with van der Waals surface area (Å²) >= 11 is 8.82. The molecule has 0 unspecified atom stereocenters. The largest absolute Gasteiger partial charge is 0.444 e. The lowest BCUT2D eigenvalue weighted by Crippen LogP contribution is -2.42. The molecule has 2 atom stereocenters. The lowest BCUT2D eigenvalue weighted by atomic mass is 10.1. The molecule has 0 spiro atoms. The van der Waals surface area contributed by atoms with E-state index in [1.165, 1.54) is 38.2 Å². The number of carbonyl (C=O) groups excluding carboxylic acids is 9. The number of rotatable bonds is 20. The fourth-order valence-electron chi connectivity index (χ4n) is 4.35. The zero-order valence-corrected chi connectivity index (χ0v) is 34.1. The highest BCUT2D eigenvalue weighted by atomic mass is 32.7. The van der Waals surface area contributed by atoms with Gasteiger partial charge in [0, 0.05) is 77.4 Å². The number of nitrogens with one attached hydrogen (secondary N) is 3. The van der Waals surface area contributed by atoms with Crippen LogP contribution in [0.4, 0.5) is 4.79 Å². The van der Waals surface area contributed by atoms with Crippen molar-refractivity contribution in [2.24, 2.45) is 5.73 Å². The van der Waals surface area contributed by atoms with Crippen LogP contribution in [0.3, 0.4) is 0 Å². The highest BCUT2D eigenvalue weighted by molar-refractivity contribution is 8.40. The van der Waals surface area contributed by atoms with Gasteiger partial charge in [-0.2, -0.15) is 0 Å². The molecule has 2 aliphatic heterocycles. The number of ketones is 2. The molecule has 0 fully saturated rings. The first-order valence-electron chi connectivity index (χ1n) is 16.8. The lowest BCUT2D eigenvalue weighted by Gasteiger charge is -2.22. The number of amides is 7. The van der Waals surface area contributed by atoms with Crippen molar-refractivity contribution in [3.05, 3.63) is 24.3 Å². The number of nitrogens with two attached hydrogens (primary N) is 1. The van der Waals surface area contributed by atoms with Crippen LogP contribution >= 0.6 is 14.1 Å². The van der Waals surface area contributed by atoms with Crippen molar-refractivity contribution >= 4 is 90.8 Å². The summed E-state index contributed by atoms with van der Waals surface area (Å²) in [4.78, 5) is 105. The SMILES string of the molecule is CC(=O)[C@@H](CCCCNC(=O)CCN1C(=O)C=CC1=O)NC(=O)OC(C)(C)C.CC(=O)[C@H](N)CCCCNC(=O)CCN1C(=O)C=CC1=O.S=PP=S. The van der Waals surface area contributed by atoms with E-state index in [-0.39, 0.29) is 61.1 Å². The van der Waals surface area contributed by atoms with Crippen LogP contribution in [-0.2, 0) is 66.7 Å². The van der Waals surface area contributed by atoms with Gasteiger partial charge in [-0.15, -0.1) is 0 Å². The molecule has 0 radical (unpaired) electrons. The minimum atomic E-state index is -0.643. The van der Waals surface area contributed by atoms with Crippen molar-refractivity contribution in [1.82, 2.24) is 25.8 Å². The Balaban J connectivity index is 0.000000955. The average molecular weight is 817 g/mol. The molecule has 5 N–H and O–H groups in total. The van der Waals surface area contributed by atoms with Gasteiger partial charge in [0.1, 0.15) is 11.4 Å². The molecule has 53 heavy (non-hydrogen) atoms. The summed E-state index contributed by atoms with van der Waals surface area (Å²) in [5.74, 6) is -2.26. The summed E-state index contributed by atoms with van der Waals surface area (Å²) in [6.07, 6.45) is 8.00. The van der Waals surface area contributed by atoms with Gasteiger partial charge in [0.2, 0.25) is 11.8 Å². The number of hydrogen-bond donors (Lipinski definition) is 4. The maximum atomic E-state index is 11.8. The predicted octanol–water partition coefficient (Wildman–Crippen LogP) is 2.29. The van der Waals surface area contributed by atoms with Crippen molar-refractivity contribution < 1.29 is 47.9 Å². The topological polar surface area (TPSA) is 231 Å². The third-order valence-electron chi connectivity index (χ3n) is 7.17. The number of Topliss-reactive ketones (excluding diaryl/α,β-unsaturated/α-hetero) is 2. The molecular weight excluding hydrogens is 766 g/mol. The number of hydrogen-bond acceptors (Lipinski definition) is 13. The van der Waals surface area contributed by atoms with E-state index in [0.717, 1.165) is 36.7 Å². The molecule has 0 bridgehead atoms. The van der Waals surface area contributed by atoms with E-state index in [4.69, 9.17) is 10.5 Å². The summed E-state index contributed by atoms with van der Waals surface area (Å²) in [6, 6.07) is -1.06. The molecule has 0 saturated heterocycles. The van der Waals surface area contributed by atoms with Gasteiger partial charge < -0.3 is 26.4 Å². The van der Waals surface area contributed by atoms with Crippen LogP contribution in [-0.4, -0.2) is 107 Å². The van der Waals surface area contributed by atoms with E-state index >= 15 is 0 Å². The van der Waals surface area contributed by atoms with E-state index < -0.39 is 35.6 Å². The third-order valence-corrected chi connectivity index (χ3v) is 9.84. The summed E-state index contributed by atoms with van der Waals surface area (Å²) in [7, 11) is 1.74. The van der Waals surface area contributed by atoms with Gasteiger partial charge in [0.15, 0.2) is 5.78 Å². The molecule has 16 nitrogen and oxygen atoms in total. The van der Waals surface area contributed by atoms with E-state index in [1.807, 2.05) is 0 Å².